The zero-order valence-corrected chi connectivity index (χ0v) is 8.70. The van der Waals surface area contributed by atoms with Gasteiger partial charge in [-0.25, -0.2) is 9.97 Å². The van der Waals surface area contributed by atoms with Gasteiger partial charge in [-0.2, -0.15) is 0 Å². The maximum atomic E-state index is 5.51. The Balaban J connectivity index is 2.90. The van der Waals surface area contributed by atoms with E-state index in [0.29, 0.717) is 11.6 Å². The predicted molar refractivity (Wildman–Crippen MR) is 54.3 cm³/mol. The molecule has 0 aromatic carbocycles. The highest BCUT2D eigenvalue weighted by atomic mass is 14.9. The van der Waals surface area contributed by atoms with Gasteiger partial charge in [0.15, 0.2) is 0 Å². The van der Waals surface area contributed by atoms with Gasteiger partial charge in [0.05, 0.1) is 18.1 Å². The maximum Gasteiger partial charge on any atom is 0.131 e. The molecule has 0 amide bonds. The van der Waals surface area contributed by atoms with E-state index in [1.54, 1.807) is 12.4 Å². The molecule has 1 aromatic rings. The first-order chi connectivity index (χ1) is 5.91. The van der Waals surface area contributed by atoms with Crippen molar-refractivity contribution >= 4 is 5.69 Å². The third-order valence-electron chi connectivity index (χ3n) is 2.38. The fraction of sp³-hybridized carbons (Fsp3) is 0.600. The first-order valence-corrected chi connectivity index (χ1v) is 4.48. The minimum atomic E-state index is 0.191. The van der Waals surface area contributed by atoms with Crippen LogP contribution in [0.4, 0.5) is 5.69 Å². The number of nitrogens with zero attached hydrogens (tertiary/aromatic N) is 2. The topological polar surface area (TPSA) is 51.8 Å². The molecule has 3 nitrogen and oxygen atoms in total. The smallest absolute Gasteiger partial charge is 0.131 e. The second-order valence-electron chi connectivity index (χ2n) is 4.46. The summed E-state index contributed by atoms with van der Waals surface area (Å²) in [5.41, 5.74) is 6.32. The SMILES string of the molecule is CC(c1ncc(N)cn1)C(C)(C)C. The summed E-state index contributed by atoms with van der Waals surface area (Å²) in [6.07, 6.45) is 3.31. The second kappa shape index (κ2) is 3.32. The molecular formula is C10H17N3. The molecule has 2 N–H and O–H groups in total. The number of hydrogen-bond donors (Lipinski definition) is 1. The third kappa shape index (κ3) is 2.41. The standard InChI is InChI=1S/C10H17N3/c1-7(10(2,3)4)9-12-5-8(11)6-13-9/h5-7H,11H2,1-4H3. The lowest BCUT2D eigenvalue weighted by molar-refractivity contribution is 0.328. The average molecular weight is 179 g/mol. The molecule has 1 aromatic heterocycles. The zero-order chi connectivity index (χ0) is 10.1. The van der Waals surface area contributed by atoms with Crippen LogP contribution in [-0.2, 0) is 0 Å². The molecule has 3 heteroatoms. The molecule has 0 saturated carbocycles. The van der Waals surface area contributed by atoms with E-state index in [2.05, 4.69) is 37.7 Å². The molecule has 72 valence electrons. The fourth-order valence-electron chi connectivity index (χ4n) is 0.959. The van der Waals surface area contributed by atoms with E-state index >= 15 is 0 Å². The van der Waals surface area contributed by atoms with Crippen molar-refractivity contribution in [2.24, 2.45) is 5.41 Å². The van der Waals surface area contributed by atoms with Crippen LogP contribution in [0, 0.1) is 5.41 Å². The summed E-state index contributed by atoms with van der Waals surface area (Å²) in [5, 5.41) is 0. The van der Waals surface area contributed by atoms with E-state index < -0.39 is 0 Å². The van der Waals surface area contributed by atoms with Crippen molar-refractivity contribution in [2.75, 3.05) is 5.73 Å². The number of hydrogen-bond acceptors (Lipinski definition) is 3. The molecule has 1 heterocycles. The number of nitrogen functional groups attached to an aromatic ring is 1. The molecular weight excluding hydrogens is 162 g/mol. The number of rotatable bonds is 1. The number of nitrogens with two attached hydrogens (primary N) is 1. The van der Waals surface area contributed by atoms with Crippen molar-refractivity contribution in [3.63, 3.8) is 0 Å². The lowest BCUT2D eigenvalue weighted by Crippen LogP contribution is -2.17. The quantitative estimate of drug-likeness (QED) is 0.719. The molecule has 0 saturated heterocycles. The van der Waals surface area contributed by atoms with Gasteiger partial charge >= 0.3 is 0 Å². The Labute approximate surface area is 79.4 Å². The van der Waals surface area contributed by atoms with Crippen LogP contribution < -0.4 is 5.73 Å². The van der Waals surface area contributed by atoms with Crippen molar-refractivity contribution < 1.29 is 0 Å². The molecule has 0 aliphatic rings. The molecule has 0 aliphatic carbocycles. The molecule has 0 aliphatic heterocycles. The van der Waals surface area contributed by atoms with Gasteiger partial charge < -0.3 is 5.73 Å². The first kappa shape index (κ1) is 9.96. The minimum absolute atomic E-state index is 0.191. The molecule has 0 fully saturated rings. The highest BCUT2D eigenvalue weighted by molar-refractivity contribution is 5.30. The van der Waals surface area contributed by atoms with E-state index in [9.17, 15) is 0 Å². The molecule has 1 atom stereocenters. The lowest BCUT2D eigenvalue weighted by atomic mass is 9.81. The lowest BCUT2D eigenvalue weighted by Gasteiger charge is -2.25. The zero-order valence-electron chi connectivity index (χ0n) is 8.70. The molecule has 0 radical (unpaired) electrons. The summed E-state index contributed by atoms with van der Waals surface area (Å²) in [7, 11) is 0. The van der Waals surface area contributed by atoms with Crippen LogP contribution in [0.1, 0.15) is 39.4 Å². The summed E-state index contributed by atoms with van der Waals surface area (Å²) in [6.45, 7) is 8.66. The Hall–Kier alpha value is -1.12. The molecule has 0 bridgehead atoms. The molecule has 1 unspecified atom stereocenters. The Bertz CT molecular complexity index is 271. The highest BCUT2D eigenvalue weighted by Crippen LogP contribution is 2.32. The van der Waals surface area contributed by atoms with Crippen molar-refractivity contribution in [1.82, 2.24) is 9.97 Å². The van der Waals surface area contributed by atoms with E-state index in [-0.39, 0.29) is 5.41 Å². The summed E-state index contributed by atoms with van der Waals surface area (Å²) in [5.74, 6) is 1.20. The van der Waals surface area contributed by atoms with Crippen LogP contribution >= 0.6 is 0 Å². The summed E-state index contributed by atoms with van der Waals surface area (Å²) >= 11 is 0. The van der Waals surface area contributed by atoms with Gasteiger partial charge in [-0.05, 0) is 5.41 Å². The normalized spacial score (nSPS) is 14.2. The molecule has 1 rings (SSSR count). The van der Waals surface area contributed by atoms with Crippen molar-refractivity contribution in [1.29, 1.82) is 0 Å². The fourth-order valence-corrected chi connectivity index (χ4v) is 0.959. The van der Waals surface area contributed by atoms with Crippen LogP contribution in [0.15, 0.2) is 12.4 Å². The van der Waals surface area contributed by atoms with Gasteiger partial charge in [0.25, 0.3) is 0 Å². The molecule has 13 heavy (non-hydrogen) atoms. The Kier molecular flexibility index (Phi) is 2.55. The van der Waals surface area contributed by atoms with E-state index in [1.165, 1.54) is 0 Å². The third-order valence-corrected chi connectivity index (χ3v) is 2.38. The van der Waals surface area contributed by atoms with Crippen molar-refractivity contribution in [3.8, 4) is 0 Å². The average Bonchev–Trinajstić information content (AvgIpc) is 2.03. The van der Waals surface area contributed by atoms with Gasteiger partial charge in [0.2, 0.25) is 0 Å². The van der Waals surface area contributed by atoms with Gasteiger partial charge in [-0.1, -0.05) is 27.7 Å². The monoisotopic (exact) mass is 179 g/mol. The second-order valence-corrected chi connectivity index (χ2v) is 4.46. The van der Waals surface area contributed by atoms with Crippen LogP contribution in [-0.4, -0.2) is 9.97 Å². The van der Waals surface area contributed by atoms with Gasteiger partial charge in [-0.3, -0.25) is 0 Å². The Morgan fingerprint density at radius 3 is 2.08 bits per heavy atom. The van der Waals surface area contributed by atoms with Gasteiger partial charge in [-0.15, -0.1) is 0 Å². The van der Waals surface area contributed by atoms with Gasteiger partial charge in [0.1, 0.15) is 5.82 Å². The summed E-state index contributed by atoms with van der Waals surface area (Å²) in [4.78, 5) is 8.42. The van der Waals surface area contributed by atoms with Gasteiger partial charge in [0, 0.05) is 5.92 Å². The van der Waals surface area contributed by atoms with Crippen LogP contribution in [0.25, 0.3) is 0 Å². The predicted octanol–water partition coefficient (Wildman–Crippen LogP) is 2.21. The number of anilines is 1. The minimum Gasteiger partial charge on any atom is -0.396 e. The first-order valence-electron chi connectivity index (χ1n) is 4.48. The van der Waals surface area contributed by atoms with Crippen molar-refractivity contribution in [3.05, 3.63) is 18.2 Å². The van der Waals surface area contributed by atoms with Crippen molar-refractivity contribution in [2.45, 2.75) is 33.6 Å². The summed E-state index contributed by atoms with van der Waals surface area (Å²) < 4.78 is 0. The number of aromatic nitrogens is 2. The Morgan fingerprint density at radius 2 is 1.69 bits per heavy atom. The maximum absolute atomic E-state index is 5.51. The molecule has 0 spiro atoms. The summed E-state index contributed by atoms with van der Waals surface area (Å²) in [6, 6.07) is 0. The van der Waals surface area contributed by atoms with Crippen LogP contribution in [0.5, 0.6) is 0 Å². The van der Waals surface area contributed by atoms with Crippen LogP contribution in [0.2, 0.25) is 0 Å². The van der Waals surface area contributed by atoms with Crippen LogP contribution in [0.3, 0.4) is 0 Å². The van der Waals surface area contributed by atoms with E-state index in [0.717, 1.165) is 5.82 Å². The largest absolute Gasteiger partial charge is 0.396 e. The highest BCUT2D eigenvalue weighted by Gasteiger charge is 2.23. The van der Waals surface area contributed by atoms with E-state index in [4.69, 9.17) is 5.73 Å². The Morgan fingerprint density at radius 1 is 1.23 bits per heavy atom. The van der Waals surface area contributed by atoms with E-state index in [1.807, 2.05) is 0 Å².